The fourth-order valence-corrected chi connectivity index (χ4v) is 3.05. The molecule has 1 fully saturated rings. The molecule has 1 amide bonds. The number of aryl methyl sites for hydroxylation is 1. The molecule has 1 aromatic heterocycles. The molecular formula is C14H16BrN5OS. The molecule has 0 spiro atoms. The number of halogens is 1. The Balaban J connectivity index is 1.56. The molecule has 1 aromatic carbocycles. The number of carbonyl (C=O) groups is 1. The third-order valence-electron chi connectivity index (χ3n) is 3.42. The second-order valence-electron chi connectivity index (χ2n) is 5.29. The second-order valence-corrected chi connectivity index (χ2v) is 7.08. The molecule has 0 saturated heterocycles. The van der Waals surface area contributed by atoms with E-state index in [1.807, 2.05) is 25.1 Å². The molecule has 0 atom stereocenters. The van der Waals surface area contributed by atoms with Crippen molar-refractivity contribution in [3.8, 4) is 0 Å². The van der Waals surface area contributed by atoms with Gasteiger partial charge in [-0.15, -0.1) is 10.2 Å². The van der Waals surface area contributed by atoms with E-state index in [-0.39, 0.29) is 11.7 Å². The van der Waals surface area contributed by atoms with Gasteiger partial charge >= 0.3 is 0 Å². The molecule has 1 heterocycles. The first kappa shape index (κ1) is 15.4. The van der Waals surface area contributed by atoms with Crippen molar-refractivity contribution in [1.29, 1.82) is 0 Å². The van der Waals surface area contributed by atoms with E-state index in [1.54, 1.807) is 0 Å². The average molecular weight is 382 g/mol. The Bertz CT molecular complexity index is 713. The van der Waals surface area contributed by atoms with E-state index in [2.05, 4.69) is 31.4 Å². The summed E-state index contributed by atoms with van der Waals surface area (Å²) in [4.78, 5) is 12.0. The number of carbonyl (C=O) groups excluding carboxylic acids is 1. The van der Waals surface area contributed by atoms with Gasteiger partial charge in [-0.05, 0) is 37.5 Å². The van der Waals surface area contributed by atoms with Crippen molar-refractivity contribution in [3.05, 3.63) is 34.1 Å². The number of aromatic nitrogens is 3. The summed E-state index contributed by atoms with van der Waals surface area (Å²) in [5.41, 5.74) is 1.88. The largest absolute Gasteiger partial charge is 0.336 e. The maximum absolute atomic E-state index is 12.0. The van der Waals surface area contributed by atoms with Crippen LogP contribution in [0.4, 0.5) is 5.69 Å². The molecule has 8 heteroatoms. The summed E-state index contributed by atoms with van der Waals surface area (Å²) < 4.78 is 2.46. The normalized spacial score (nSPS) is 14.1. The van der Waals surface area contributed by atoms with Gasteiger partial charge in [0.2, 0.25) is 11.1 Å². The van der Waals surface area contributed by atoms with Gasteiger partial charge in [0.25, 0.3) is 0 Å². The molecule has 1 aliphatic rings. The fourth-order valence-electron chi connectivity index (χ4n) is 2.00. The van der Waals surface area contributed by atoms with Gasteiger partial charge in [0.15, 0.2) is 5.82 Å². The number of anilines is 1. The number of hydrogen-bond acceptors (Lipinski definition) is 5. The lowest BCUT2D eigenvalue weighted by Gasteiger charge is -2.07. The van der Waals surface area contributed by atoms with Crippen molar-refractivity contribution in [2.75, 3.05) is 16.9 Å². The van der Waals surface area contributed by atoms with Crippen molar-refractivity contribution in [2.45, 2.75) is 30.8 Å². The van der Waals surface area contributed by atoms with Crippen LogP contribution in [0.15, 0.2) is 27.8 Å². The lowest BCUT2D eigenvalue weighted by atomic mass is 10.2. The fraction of sp³-hybridized carbons (Fsp3) is 0.357. The first-order valence-corrected chi connectivity index (χ1v) is 8.71. The maximum Gasteiger partial charge on any atom is 0.234 e. The lowest BCUT2D eigenvalue weighted by Crippen LogP contribution is -2.17. The molecule has 0 radical (unpaired) electrons. The second kappa shape index (κ2) is 6.29. The predicted molar refractivity (Wildman–Crippen MR) is 90.4 cm³/mol. The predicted octanol–water partition coefficient (Wildman–Crippen LogP) is 2.67. The number of rotatable bonds is 5. The number of nitrogens with two attached hydrogens (primary N) is 1. The molecule has 2 aromatic rings. The topological polar surface area (TPSA) is 85.8 Å². The standard InChI is InChI=1S/C14H16BrN5OS/c1-8-2-5-10(6-11(8)15)17-12(21)7-22-14-19-18-13(20(14)16)9-3-4-9/h2,5-6,9H,3-4,7,16H2,1H3,(H,17,21). The molecule has 0 aliphatic heterocycles. The summed E-state index contributed by atoms with van der Waals surface area (Å²) >= 11 is 4.74. The highest BCUT2D eigenvalue weighted by atomic mass is 79.9. The average Bonchev–Trinajstić information content (AvgIpc) is 3.25. The van der Waals surface area contributed by atoms with Gasteiger partial charge in [-0.3, -0.25) is 4.79 Å². The number of nitrogens with one attached hydrogen (secondary N) is 1. The van der Waals surface area contributed by atoms with E-state index in [4.69, 9.17) is 5.84 Å². The molecule has 3 rings (SSSR count). The maximum atomic E-state index is 12.0. The number of thioether (sulfide) groups is 1. The Hall–Kier alpha value is -1.54. The molecule has 3 N–H and O–H groups in total. The number of hydrogen-bond donors (Lipinski definition) is 2. The van der Waals surface area contributed by atoms with Crippen LogP contribution in [0.2, 0.25) is 0 Å². The summed E-state index contributed by atoms with van der Waals surface area (Å²) in [6.07, 6.45) is 2.23. The van der Waals surface area contributed by atoms with Crippen molar-refractivity contribution in [1.82, 2.24) is 14.9 Å². The first-order chi connectivity index (χ1) is 10.5. The summed E-state index contributed by atoms with van der Waals surface area (Å²) in [7, 11) is 0. The van der Waals surface area contributed by atoms with Crippen molar-refractivity contribution in [3.63, 3.8) is 0 Å². The zero-order valence-corrected chi connectivity index (χ0v) is 14.4. The van der Waals surface area contributed by atoms with Crippen LogP contribution >= 0.6 is 27.7 Å². The summed E-state index contributed by atoms with van der Waals surface area (Å²) in [5.74, 6) is 7.34. The molecule has 22 heavy (non-hydrogen) atoms. The smallest absolute Gasteiger partial charge is 0.234 e. The quantitative estimate of drug-likeness (QED) is 0.614. The van der Waals surface area contributed by atoms with Crippen LogP contribution in [0.5, 0.6) is 0 Å². The van der Waals surface area contributed by atoms with Crippen molar-refractivity contribution in [2.24, 2.45) is 0 Å². The zero-order chi connectivity index (χ0) is 15.7. The van der Waals surface area contributed by atoms with Gasteiger partial charge in [0.1, 0.15) is 0 Å². The van der Waals surface area contributed by atoms with Crippen LogP contribution in [0.25, 0.3) is 0 Å². The highest BCUT2D eigenvalue weighted by molar-refractivity contribution is 9.10. The molecule has 1 saturated carbocycles. The Morgan fingerprint density at radius 2 is 2.27 bits per heavy atom. The van der Waals surface area contributed by atoms with Crippen LogP contribution in [-0.4, -0.2) is 26.5 Å². The summed E-state index contributed by atoms with van der Waals surface area (Å²) in [6.45, 7) is 2.00. The van der Waals surface area contributed by atoms with Crippen molar-refractivity contribution < 1.29 is 4.79 Å². The summed E-state index contributed by atoms with van der Waals surface area (Å²) in [6, 6.07) is 5.71. The van der Waals surface area contributed by atoms with E-state index < -0.39 is 0 Å². The molecule has 116 valence electrons. The molecule has 1 aliphatic carbocycles. The highest BCUT2D eigenvalue weighted by Gasteiger charge is 2.30. The van der Waals surface area contributed by atoms with Crippen LogP contribution in [-0.2, 0) is 4.79 Å². The van der Waals surface area contributed by atoms with Gasteiger partial charge in [0, 0.05) is 16.1 Å². The molecule has 0 bridgehead atoms. The Labute approximate surface area is 141 Å². The Morgan fingerprint density at radius 3 is 2.95 bits per heavy atom. The molecule has 6 nitrogen and oxygen atoms in total. The minimum atomic E-state index is -0.100. The monoisotopic (exact) mass is 381 g/mol. The van der Waals surface area contributed by atoms with Crippen LogP contribution in [0.3, 0.4) is 0 Å². The van der Waals surface area contributed by atoms with Gasteiger partial charge in [-0.25, -0.2) is 4.68 Å². The Morgan fingerprint density at radius 1 is 1.50 bits per heavy atom. The minimum Gasteiger partial charge on any atom is -0.336 e. The van der Waals surface area contributed by atoms with E-state index in [0.29, 0.717) is 11.1 Å². The molecular weight excluding hydrogens is 366 g/mol. The minimum absolute atomic E-state index is 0.100. The Kier molecular flexibility index (Phi) is 4.39. The SMILES string of the molecule is Cc1ccc(NC(=O)CSc2nnc(C3CC3)n2N)cc1Br. The van der Waals surface area contributed by atoms with Crippen LogP contribution in [0.1, 0.15) is 30.1 Å². The van der Waals surface area contributed by atoms with E-state index in [1.165, 1.54) is 16.4 Å². The third kappa shape index (κ3) is 3.44. The van der Waals surface area contributed by atoms with Gasteiger partial charge in [-0.1, -0.05) is 33.8 Å². The van der Waals surface area contributed by atoms with E-state index in [9.17, 15) is 4.79 Å². The van der Waals surface area contributed by atoms with E-state index >= 15 is 0 Å². The number of benzene rings is 1. The van der Waals surface area contributed by atoms with Gasteiger partial charge < -0.3 is 11.2 Å². The third-order valence-corrected chi connectivity index (χ3v) is 5.22. The highest BCUT2D eigenvalue weighted by Crippen LogP contribution is 2.39. The number of amides is 1. The first-order valence-electron chi connectivity index (χ1n) is 6.94. The number of nitrogen functional groups attached to an aromatic ring is 1. The number of nitrogens with zero attached hydrogens (tertiary/aromatic N) is 3. The van der Waals surface area contributed by atoms with Crippen LogP contribution in [0, 0.1) is 6.92 Å². The van der Waals surface area contributed by atoms with Crippen LogP contribution < -0.4 is 11.2 Å². The zero-order valence-electron chi connectivity index (χ0n) is 12.0. The lowest BCUT2D eigenvalue weighted by molar-refractivity contribution is -0.113. The van der Waals surface area contributed by atoms with Gasteiger partial charge in [-0.2, -0.15) is 0 Å². The summed E-state index contributed by atoms with van der Waals surface area (Å²) in [5, 5.41) is 11.6. The van der Waals surface area contributed by atoms with E-state index in [0.717, 1.165) is 34.4 Å². The van der Waals surface area contributed by atoms with Crippen molar-refractivity contribution >= 4 is 39.3 Å². The molecule has 0 unspecified atom stereocenters. The van der Waals surface area contributed by atoms with Gasteiger partial charge in [0.05, 0.1) is 5.75 Å².